The molecule has 0 bridgehead atoms. The van der Waals surface area contributed by atoms with Crippen molar-refractivity contribution in [3.8, 4) is 0 Å². The molecule has 6 nitrogen and oxygen atoms in total. The molecule has 132 valence electrons. The topological polar surface area (TPSA) is 77.9 Å². The van der Waals surface area contributed by atoms with E-state index in [-0.39, 0.29) is 11.8 Å². The number of likely N-dealkylation sites (tertiary alicyclic amines) is 1. The highest BCUT2D eigenvalue weighted by Gasteiger charge is 2.30. The molecule has 0 aliphatic carbocycles. The van der Waals surface area contributed by atoms with E-state index in [0.717, 1.165) is 37.1 Å². The molecule has 6 heteroatoms. The lowest BCUT2D eigenvalue weighted by atomic mass is 10.0. The highest BCUT2D eigenvalue weighted by molar-refractivity contribution is 5.96. The molecule has 0 radical (unpaired) electrons. The summed E-state index contributed by atoms with van der Waals surface area (Å²) in [6.07, 6.45) is 6.77. The maximum absolute atomic E-state index is 12.3. The van der Waals surface area contributed by atoms with Crippen molar-refractivity contribution >= 4 is 29.5 Å². The number of aliphatic carboxylic acids is 1. The van der Waals surface area contributed by atoms with Gasteiger partial charge >= 0.3 is 5.97 Å². The van der Waals surface area contributed by atoms with E-state index < -0.39 is 12.0 Å². The number of carboxylic acids is 1. The molecular formula is C19H22N2O4. The molecule has 1 aromatic carbocycles. The zero-order chi connectivity index (χ0) is 17.8. The molecule has 1 aromatic rings. The van der Waals surface area contributed by atoms with Gasteiger partial charge in [0.15, 0.2) is 0 Å². The summed E-state index contributed by atoms with van der Waals surface area (Å²) in [5, 5.41) is 9.25. The van der Waals surface area contributed by atoms with Gasteiger partial charge < -0.3 is 14.9 Å². The van der Waals surface area contributed by atoms with Crippen LogP contribution in [0.1, 0.15) is 37.7 Å². The van der Waals surface area contributed by atoms with Gasteiger partial charge in [-0.25, -0.2) is 4.79 Å². The molecule has 0 saturated carbocycles. The Labute approximate surface area is 146 Å². The van der Waals surface area contributed by atoms with E-state index in [2.05, 4.69) is 0 Å². The van der Waals surface area contributed by atoms with Crippen molar-refractivity contribution in [3.63, 3.8) is 0 Å². The molecule has 2 amide bonds. The average Bonchev–Trinajstić information content (AvgIpc) is 3.06. The standard InChI is InChI=1S/C19H22N2O4/c22-17-5-3-13-20(17)15-9-6-14(7-10-15)8-11-18(23)21-12-2-1-4-16(21)19(24)25/h6-11,16H,1-5,12-13H2,(H,24,25)/b11-8+/t16-/m1/s1. The minimum Gasteiger partial charge on any atom is -0.480 e. The molecule has 0 spiro atoms. The first kappa shape index (κ1) is 17.2. The van der Waals surface area contributed by atoms with Gasteiger partial charge in [0.1, 0.15) is 6.04 Å². The molecule has 2 fully saturated rings. The van der Waals surface area contributed by atoms with Crippen molar-refractivity contribution in [1.29, 1.82) is 0 Å². The van der Waals surface area contributed by atoms with E-state index in [1.807, 2.05) is 24.3 Å². The summed E-state index contributed by atoms with van der Waals surface area (Å²) in [6, 6.07) is 6.72. The number of carboxylic acid groups (broad SMARTS) is 1. The van der Waals surface area contributed by atoms with Gasteiger partial charge in [-0.3, -0.25) is 9.59 Å². The van der Waals surface area contributed by atoms with Gasteiger partial charge in [0.25, 0.3) is 0 Å². The van der Waals surface area contributed by atoms with Crippen LogP contribution < -0.4 is 4.90 Å². The summed E-state index contributed by atoms with van der Waals surface area (Å²) < 4.78 is 0. The summed E-state index contributed by atoms with van der Waals surface area (Å²) in [5.74, 6) is -1.07. The normalized spacial score (nSPS) is 21.1. The number of benzene rings is 1. The lowest BCUT2D eigenvalue weighted by Crippen LogP contribution is -2.47. The molecular weight excluding hydrogens is 320 g/mol. The SMILES string of the molecule is O=C(O)[C@H]1CCCCN1C(=O)/C=C/c1ccc(N2CCCC2=O)cc1. The average molecular weight is 342 g/mol. The van der Waals surface area contributed by atoms with Crippen LogP contribution in [0, 0.1) is 0 Å². The number of piperidine rings is 1. The third-order valence-corrected chi connectivity index (χ3v) is 4.77. The highest BCUT2D eigenvalue weighted by Crippen LogP contribution is 2.22. The number of amides is 2. The van der Waals surface area contributed by atoms with E-state index in [1.54, 1.807) is 11.0 Å². The third kappa shape index (κ3) is 3.90. The second-order valence-corrected chi connectivity index (χ2v) is 6.46. The largest absolute Gasteiger partial charge is 0.480 e. The number of carbonyl (C=O) groups is 3. The number of nitrogens with zero attached hydrogens (tertiary/aromatic N) is 2. The summed E-state index contributed by atoms with van der Waals surface area (Å²) >= 11 is 0. The Bertz CT molecular complexity index is 696. The summed E-state index contributed by atoms with van der Waals surface area (Å²) in [6.45, 7) is 1.23. The first-order valence-electron chi connectivity index (χ1n) is 8.68. The first-order valence-corrected chi connectivity index (χ1v) is 8.68. The van der Waals surface area contributed by atoms with Crippen LogP contribution in [0.5, 0.6) is 0 Å². The van der Waals surface area contributed by atoms with Crippen molar-refractivity contribution in [2.45, 2.75) is 38.1 Å². The van der Waals surface area contributed by atoms with Gasteiger partial charge in [-0.1, -0.05) is 12.1 Å². The fourth-order valence-corrected chi connectivity index (χ4v) is 3.40. The Morgan fingerprint density at radius 2 is 1.84 bits per heavy atom. The van der Waals surface area contributed by atoms with Crippen LogP contribution in [-0.4, -0.2) is 46.9 Å². The number of hydrogen-bond donors (Lipinski definition) is 1. The van der Waals surface area contributed by atoms with Crippen LogP contribution in [0.3, 0.4) is 0 Å². The molecule has 1 atom stereocenters. The van der Waals surface area contributed by atoms with Gasteiger partial charge in [-0.2, -0.15) is 0 Å². The number of rotatable bonds is 4. The Morgan fingerprint density at radius 1 is 1.08 bits per heavy atom. The van der Waals surface area contributed by atoms with Crippen LogP contribution >= 0.6 is 0 Å². The molecule has 2 saturated heterocycles. The smallest absolute Gasteiger partial charge is 0.326 e. The van der Waals surface area contributed by atoms with Crippen molar-refractivity contribution < 1.29 is 19.5 Å². The number of hydrogen-bond acceptors (Lipinski definition) is 3. The minimum absolute atomic E-state index is 0.142. The second-order valence-electron chi connectivity index (χ2n) is 6.46. The molecule has 25 heavy (non-hydrogen) atoms. The van der Waals surface area contributed by atoms with Gasteiger partial charge in [0, 0.05) is 31.3 Å². The van der Waals surface area contributed by atoms with Crippen LogP contribution in [-0.2, 0) is 14.4 Å². The molecule has 3 rings (SSSR count). The fourth-order valence-electron chi connectivity index (χ4n) is 3.40. The lowest BCUT2D eigenvalue weighted by Gasteiger charge is -2.32. The van der Waals surface area contributed by atoms with Gasteiger partial charge in [0.2, 0.25) is 11.8 Å². The Hall–Kier alpha value is -2.63. The number of anilines is 1. The van der Waals surface area contributed by atoms with Gasteiger partial charge in [-0.05, 0) is 49.5 Å². The fraction of sp³-hybridized carbons (Fsp3) is 0.421. The molecule has 2 aliphatic heterocycles. The zero-order valence-electron chi connectivity index (χ0n) is 14.1. The lowest BCUT2D eigenvalue weighted by molar-refractivity contribution is -0.150. The zero-order valence-corrected chi connectivity index (χ0v) is 14.1. The van der Waals surface area contributed by atoms with Crippen LogP contribution in [0.2, 0.25) is 0 Å². The van der Waals surface area contributed by atoms with E-state index in [0.29, 0.717) is 19.4 Å². The molecule has 2 heterocycles. The maximum Gasteiger partial charge on any atom is 0.326 e. The van der Waals surface area contributed by atoms with E-state index in [9.17, 15) is 19.5 Å². The third-order valence-electron chi connectivity index (χ3n) is 4.77. The monoisotopic (exact) mass is 342 g/mol. The summed E-state index contributed by atoms with van der Waals surface area (Å²) in [5.41, 5.74) is 1.71. The Morgan fingerprint density at radius 3 is 2.48 bits per heavy atom. The molecule has 1 N–H and O–H groups in total. The minimum atomic E-state index is -0.943. The molecule has 2 aliphatic rings. The highest BCUT2D eigenvalue weighted by atomic mass is 16.4. The van der Waals surface area contributed by atoms with Crippen molar-refractivity contribution in [2.24, 2.45) is 0 Å². The summed E-state index contributed by atoms with van der Waals surface area (Å²) in [7, 11) is 0. The van der Waals surface area contributed by atoms with E-state index >= 15 is 0 Å². The maximum atomic E-state index is 12.3. The Kier molecular flexibility index (Phi) is 5.16. The molecule has 0 unspecified atom stereocenters. The first-order chi connectivity index (χ1) is 12.1. The van der Waals surface area contributed by atoms with E-state index in [1.165, 1.54) is 11.0 Å². The van der Waals surface area contributed by atoms with Crippen molar-refractivity contribution in [2.75, 3.05) is 18.0 Å². The van der Waals surface area contributed by atoms with Crippen LogP contribution in [0.4, 0.5) is 5.69 Å². The Balaban J connectivity index is 1.65. The van der Waals surface area contributed by atoms with Crippen molar-refractivity contribution in [3.05, 3.63) is 35.9 Å². The molecule has 0 aromatic heterocycles. The van der Waals surface area contributed by atoms with Crippen LogP contribution in [0.15, 0.2) is 30.3 Å². The van der Waals surface area contributed by atoms with Gasteiger partial charge in [-0.15, -0.1) is 0 Å². The summed E-state index contributed by atoms with van der Waals surface area (Å²) in [4.78, 5) is 38.6. The number of carbonyl (C=O) groups excluding carboxylic acids is 2. The predicted molar refractivity (Wildman–Crippen MR) is 94.1 cm³/mol. The van der Waals surface area contributed by atoms with Crippen molar-refractivity contribution in [1.82, 2.24) is 4.90 Å². The quantitative estimate of drug-likeness (QED) is 0.852. The second kappa shape index (κ2) is 7.51. The van der Waals surface area contributed by atoms with Gasteiger partial charge in [0.05, 0.1) is 0 Å². The van der Waals surface area contributed by atoms with Crippen LogP contribution in [0.25, 0.3) is 6.08 Å². The van der Waals surface area contributed by atoms with E-state index in [4.69, 9.17) is 0 Å². The predicted octanol–water partition coefficient (Wildman–Crippen LogP) is 2.29.